The second kappa shape index (κ2) is 10.6. The fourth-order valence-corrected chi connectivity index (χ4v) is 4.28. The Labute approximate surface area is 203 Å². The molecule has 0 spiro atoms. The van der Waals surface area contributed by atoms with Crippen LogP contribution in [0.15, 0.2) is 108 Å². The third kappa shape index (κ3) is 6.30. The number of sulfonamides is 1. The maximum absolute atomic E-state index is 12.7. The molecule has 4 rings (SSSR count). The van der Waals surface area contributed by atoms with Crippen molar-refractivity contribution >= 4 is 33.2 Å². The minimum atomic E-state index is -3.79. The molecule has 0 saturated carbocycles. The first-order valence-electron chi connectivity index (χ1n) is 10.7. The quantitative estimate of drug-likeness (QED) is 0.347. The summed E-state index contributed by atoms with van der Waals surface area (Å²) in [6, 6.07) is 26.1. The monoisotopic (exact) mass is 486 g/mol. The van der Waals surface area contributed by atoms with Crippen molar-refractivity contribution < 1.29 is 18.0 Å². The molecule has 3 N–H and O–H groups in total. The van der Waals surface area contributed by atoms with E-state index in [1.165, 1.54) is 24.3 Å². The fraction of sp³-hybridized carbons (Fsp3) is 0.0385. The van der Waals surface area contributed by atoms with E-state index >= 15 is 0 Å². The Bertz CT molecular complexity index is 1430. The molecule has 0 bridgehead atoms. The predicted molar refractivity (Wildman–Crippen MR) is 133 cm³/mol. The SMILES string of the molecule is O=C(NCc1ccccn1)c1cccc(NC(=O)c2ccc(S(=O)(=O)Nc3ccccc3)cc2)c1. The second-order valence-electron chi connectivity index (χ2n) is 7.53. The van der Waals surface area contributed by atoms with Gasteiger partial charge in [-0.15, -0.1) is 0 Å². The van der Waals surface area contributed by atoms with Crippen molar-refractivity contribution in [3.05, 3.63) is 120 Å². The molecule has 0 unspecified atom stereocenters. The third-order valence-electron chi connectivity index (χ3n) is 4.99. The van der Waals surface area contributed by atoms with Crippen molar-refractivity contribution in [2.24, 2.45) is 0 Å². The average Bonchev–Trinajstić information content (AvgIpc) is 2.88. The maximum Gasteiger partial charge on any atom is 0.261 e. The van der Waals surface area contributed by atoms with Gasteiger partial charge in [0.1, 0.15) is 0 Å². The van der Waals surface area contributed by atoms with E-state index in [2.05, 4.69) is 20.3 Å². The van der Waals surface area contributed by atoms with Gasteiger partial charge in [-0.25, -0.2) is 8.42 Å². The van der Waals surface area contributed by atoms with Gasteiger partial charge in [-0.2, -0.15) is 0 Å². The summed E-state index contributed by atoms with van der Waals surface area (Å²) in [5.41, 5.74) is 2.26. The summed E-state index contributed by atoms with van der Waals surface area (Å²) in [5, 5.41) is 5.52. The number of para-hydroxylation sites is 1. The highest BCUT2D eigenvalue weighted by atomic mass is 32.2. The molecule has 8 nitrogen and oxygen atoms in total. The van der Waals surface area contributed by atoms with E-state index < -0.39 is 15.9 Å². The highest BCUT2D eigenvalue weighted by Crippen LogP contribution is 2.18. The van der Waals surface area contributed by atoms with Crippen LogP contribution in [0, 0.1) is 0 Å². The Kier molecular flexibility index (Phi) is 7.18. The van der Waals surface area contributed by atoms with Gasteiger partial charge in [0, 0.05) is 28.7 Å². The number of hydrogen-bond acceptors (Lipinski definition) is 5. The number of aromatic nitrogens is 1. The molecule has 1 heterocycles. The van der Waals surface area contributed by atoms with Crippen molar-refractivity contribution in [1.82, 2.24) is 10.3 Å². The van der Waals surface area contributed by atoms with Crippen LogP contribution in [0.5, 0.6) is 0 Å². The van der Waals surface area contributed by atoms with E-state index in [9.17, 15) is 18.0 Å². The van der Waals surface area contributed by atoms with Gasteiger partial charge in [-0.1, -0.05) is 30.3 Å². The van der Waals surface area contributed by atoms with Crippen LogP contribution >= 0.6 is 0 Å². The van der Waals surface area contributed by atoms with Crippen LogP contribution in [-0.4, -0.2) is 25.2 Å². The minimum Gasteiger partial charge on any atom is -0.346 e. The lowest BCUT2D eigenvalue weighted by Crippen LogP contribution is -2.23. The zero-order valence-corrected chi connectivity index (χ0v) is 19.3. The lowest BCUT2D eigenvalue weighted by Gasteiger charge is -2.10. The van der Waals surface area contributed by atoms with Crippen LogP contribution in [0.2, 0.25) is 0 Å². The van der Waals surface area contributed by atoms with Crippen LogP contribution in [-0.2, 0) is 16.6 Å². The molecule has 0 aliphatic carbocycles. The standard InChI is InChI=1S/C26H22N4O4S/c31-25(28-18-23-10-4-5-16-27-23)20-7-6-11-22(17-20)29-26(32)19-12-14-24(15-13-19)35(33,34)30-21-8-2-1-3-9-21/h1-17,30H,18H2,(H,28,31)(H,29,32). The van der Waals surface area contributed by atoms with Gasteiger partial charge in [0.15, 0.2) is 0 Å². The molecule has 2 amide bonds. The number of nitrogens with zero attached hydrogens (tertiary/aromatic N) is 1. The number of pyridine rings is 1. The highest BCUT2D eigenvalue weighted by molar-refractivity contribution is 7.92. The highest BCUT2D eigenvalue weighted by Gasteiger charge is 2.16. The summed E-state index contributed by atoms with van der Waals surface area (Å²) in [6.45, 7) is 0.282. The summed E-state index contributed by atoms with van der Waals surface area (Å²) in [4.78, 5) is 29.3. The number of nitrogens with one attached hydrogen (secondary N) is 3. The fourth-order valence-electron chi connectivity index (χ4n) is 3.22. The zero-order chi connectivity index (χ0) is 24.7. The molecule has 0 aliphatic rings. The van der Waals surface area contributed by atoms with E-state index in [1.54, 1.807) is 66.9 Å². The van der Waals surface area contributed by atoms with E-state index in [-0.39, 0.29) is 22.9 Å². The average molecular weight is 487 g/mol. The smallest absolute Gasteiger partial charge is 0.261 e. The van der Waals surface area contributed by atoms with Crippen molar-refractivity contribution in [2.45, 2.75) is 11.4 Å². The normalized spacial score (nSPS) is 10.9. The Morgan fingerprint density at radius 3 is 2.14 bits per heavy atom. The van der Waals surface area contributed by atoms with Crippen LogP contribution in [0.1, 0.15) is 26.4 Å². The Balaban J connectivity index is 1.39. The van der Waals surface area contributed by atoms with Crippen LogP contribution in [0.4, 0.5) is 11.4 Å². The van der Waals surface area contributed by atoms with E-state index in [1.807, 2.05) is 12.1 Å². The third-order valence-corrected chi connectivity index (χ3v) is 6.39. The van der Waals surface area contributed by atoms with Gasteiger partial charge >= 0.3 is 0 Å². The van der Waals surface area contributed by atoms with Gasteiger partial charge < -0.3 is 10.6 Å². The molecule has 0 aliphatic heterocycles. The van der Waals surface area contributed by atoms with E-state index in [0.29, 0.717) is 16.9 Å². The molecule has 176 valence electrons. The maximum atomic E-state index is 12.7. The van der Waals surface area contributed by atoms with Gasteiger partial charge in [-0.05, 0) is 66.7 Å². The van der Waals surface area contributed by atoms with Crippen molar-refractivity contribution in [3.63, 3.8) is 0 Å². The van der Waals surface area contributed by atoms with E-state index in [0.717, 1.165) is 5.69 Å². The molecule has 0 fully saturated rings. The van der Waals surface area contributed by atoms with Crippen molar-refractivity contribution in [3.8, 4) is 0 Å². The topological polar surface area (TPSA) is 117 Å². The number of rotatable bonds is 8. The Morgan fingerprint density at radius 1 is 0.714 bits per heavy atom. The largest absolute Gasteiger partial charge is 0.346 e. The molecular formula is C26H22N4O4S. The van der Waals surface area contributed by atoms with Crippen LogP contribution in [0.25, 0.3) is 0 Å². The van der Waals surface area contributed by atoms with Gasteiger partial charge in [0.25, 0.3) is 21.8 Å². The summed E-state index contributed by atoms with van der Waals surface area (Å²) < 4.78 is 27.6. The summed E-state index contributed by atoms with van der Waals surface area (Å²) >= 11 is 0. The zero-order valence-electron chi connectivity index (χ0n) is 18.5. The molecule has 9 heteroatoms. The lowest BCUT2D eigenvalue weighted by molar-refractivity contribution is 0.0949. The molecule has 0 radical (unpaired) electrons. The number of hydrogen-bond donors (Lipinski definition) is 3. The summed E-state index contributed by atoms with van der Waals surface area (Å²) in [6.07, 6.45) is 1.65. The van der Waals surface area contributed by atoms with Gasteiger partial charge in [0.2, 0.25) is 0 Å². The molecule has 1 aromatic heterocycles. The lowest BCUT2D eigenvalue weighted by atomic mass is 10.1. The molecule has 0 saturated heterocycles. The predicted octanol–water partition coefficient (Wildman–Crippen LogP) is 4.06. The summed E-state index contributed by atoms with van der Waals surface area (Å²) in [5.74, 6) is -0.733. The van der Waals surface area contributed by atoms with Crippen molar-refractivity contribution in [1.29, 1.82) is 0 Å². The van der Waals surface area contributed by atoms with Crippen molar-refractivity contribution in [2.75, 3.05) is 10.0 Å². The number of carbonyl (C=O) groups excluding carboxylic acids is 2. The van der Waals surface area contributed by atoms with Gasteiger partial charge in [0.05, 0.1) is 17.1 Å². The second-order valence-corrected chi connectivity index (χ2v) is 9.22. The molecule has 4 aromatic rings. The summed E-state index contributed by atoms with van der Waals surface area (Å²) in [7, 11) is -3.79. The first-order chi connectivity index (χ1) is 16.9. The van der Waals surface area contributed by atoms with E-state index in [4.69, 9.17) is 0 Å². The number of carbonyl (C=O) groups is 2. The number of anilines is 2. The van der Waals surface area contributed by atoms with Gasteiger partial charge in [-0.3, -0.25) is 19.3 Å². The first kappa shape index (κ1) is 23.7. The Hall–Kier alpha value is -4.50. The number of amides is 2. The first-order valence-corrected chi connectivity index (χ1v) is 12.2. The number of benzene rings is 3. The molecule has 0 atom stereocenters. The Morgan fingerprint density at radius 2 is 1.43 bits per heavy atom. The minimum absolute atomic E-state index is 0.0319. The molecular weight excluding hydrogens is 464 g/mol. The molecule has 3 aromatic carbocycles. The van der Waals surface area contributed by atoms with Crippen LogP contribution < -0.4 is 15.4 Å². The molecule has 35 heavy (non-hydrogen) atoms. The van der Waals surface area contributed by atoms with Crippen LogP contribution in [0.3, 0.4) is 0 Å².